The number of hydrogen-bond donors (Lipinski definition) is 1. The van der Waals surface area contributed by atoms with Crippen LogP contribution in [0.5, 0.6) is 0 Å². The van der Waals surface area contributed by atoms with Gasteiger partial charge in [0.05, 0.1) is 16.4 Å². The van der Waals surface area contributed by atoms with Crippen LogP contribution in [-0.4, -0.2) is 31.5 Å². The lowest BCUT2D eigenvalue weighted by molar-refractivity contribution is -0.385. The van der Waals surface area contributed by atoms with Gasteiger partial charge in [0.2, 0.25) is 10.0 Å². The van der Waals surface area contributed by atoms with Gasteiger partial charge in [0.1, 0.15) is 0 Å². The molecule has 0 saturated heterocycles. The molecule has 9 heteroatoms. The standard InChI is InChI=1S/C19H21N3O5S/c1-3-28(26,27)21-11-5-6-14-9-10-15(12-18(14)21)20-19(23)16-7-4-8-17(13(16)2)22(24)25/h4,7-10,12H,3,5-6,11H2,1-2H3,(H,20,23). The van der Waals surface area contributed by atoms with Gasteiger partial charge in [0.25, 0.3) is 11.6 Å². The van der Waals surface area contributed by atoms with Crippen molar-refractivity contribution in [1.29, 1.82) is 0 Å². The molecule has 0 aromatic heterocycles. The molecule has 28 heavy (non-hydrogen) atoms. The topological polar surface area (TPSA) is 110 Å². The molecule has 0 spiro atoms. The summed E-state index contributed by atoms with van der Waals surface area (Å²) in [7, 11) is -3.41. The number of nitro benzene ring substituents is 1. The Morgan fingerprint density at radius 2 is 2.04 bits per heavy atom. The lowest BCUT2D eigenvalue weighted by atomic mass is 10.0. The molecule has 0 atom stereocenters. The van der Waals surface area contributed by atoms with Crippen LogP contribution in [-0.2, 0) is 16.4 Å². The van der Waals surface area contributed by atoms with Crippen LogP contribution in [0.2, 0.25) is 0 Å². The number of nitro groups is 1. The molecule has 3 rings (SSSR count). The van der Waals surface area contributed by atoms with E-state index in [2.05, 4.69) is 5.32 Å². The third-order valence-electron chi connectivity index (χ3n) is 4.87. The van der Waals surface area contributed by atoms with Gasteiger partial charge in [-0.25, -0.2) is 8.42 Å². The number of benzene rings is 2. The van der Waals surface area contributed by atoms with Crippen molar-refractivity contribution in [2.45, 2.75) is 26.7 Å². The molecule has 0 unspecified atom stereocenters. The van der Waals surface area contributed by atoms with Gasteiger partial charge in [-0.1, -0.05) is 12.1 Å². The number of nitrogens with zero attached hydrogens (tertiary/aromatic N) is 2. The molecule has 2 aromatic carbocycles. The Hall–Kier alpha value is -2.94. The fraction of sp³-hybridized carbons (Fsp3) is 0.316. The Morgan fingerprint density at radius 1 is 1.29 bits per heavy atom. The summed E-state index contributed by atoms with van der Waals surface area (Å²) in [4.78, 5) is 23.2. The van der Waals surface area contributed by atoms with E-state index in [1.54, 1.807) is 19.1 Å². The molecule has 1 N–H and O–H groups in total. The van der Waals surface area contributed by atoms with Crippen molar-refractivity contribution in [2.24, 2.45) is 0 Å². The Labute approximate surface area is 163 Å². The first-order chi connectivity index (χ1) is 13.2. The summed E-state index contributed by atoms with van der Waals surface area (Å²) in [6.07, 6.45) is 1.51. The molecular formula is C19H21N3O5S. The smallest absolute Gasteiger partial charge is 0.273 e. The highest BCUT2D eigenvalue weighted by Crippen LogP contribution is 2.32. The minimum atomic E-state index is -3.41. The van der Waals surface area contributed by atoms with Gasteiger partial charge in [0.15, 0.2) is 0 Å². The van der Waals surface area contributed by atoms with E-state index < -0.39 is 20.9 Å². The summed E-state index contributed by atoms with van der Waals surface area (Å²) in [5, 5.41) is 13.8. The lowest BCUT2D eigenvalue weighted by Crippen LogP contribution is -2.36. The van der Waals surface area contributed by atoms with Crippen molar-refractivity contribution in [3.63, 3.8) is 0 Å². The number of carbonyl (C=O) groups excluding carboxylic acids is 1. The largest absolute Gasteiger partial charge is 0.322 e. The number of fused-ring (bicyclic) bond motifs is 1. The van der Waals surface area contributed by atoms with Crippen molar-refractivity contribution in [1.82, 2.24) is 0 Å². The summed E-state index contributed by atoms with van der Waals surface area (Å²) in [6.45, 7) is 3.53. The fourth-order valence-electron chi connectivity index (χ4n) is 3.33. The number of aryl methyl sites for hydroxylation is 1. The summed E-state index contributed by atoms with van der Waals surface area (Å²) in [5.74, 6) is -0.488. The van der Waals surface area contributed by atoms with Gasteiger partial charge >= 0.3 is 0 Å². The van der Waals surface area contributed by atoms with Gasteiger partial charge in [-0.15, -0.1) is 0 Å². The SMILES string of the molecule is CCS(=O)(=O)N1CCCc2ccc(NC(=O)c3cccc([N+](=O)[O-])c3C)cc21. The highest BCUT2D eigenvalue weighted by Gasteiger charge is 2.26. The number of anilines is 2. The number of rotatable bonds is 5. The van der Waals surface area contributed by atoms with E-state index in [4.69, 9.17) is 0 Å². The molecule has 0 radical (unpaired) electrons. The van der Waals surface area contributed by atoms with Crippen LogP contribution in [0, 0.1) is 17.0 Å². The van der Waals surface area contributed by atoms with Crippen molar-refractivity contribution in [3.8, 4) is 0 Å². The fourth-order valence-corrected chi connectivity index (χ4v) is 4.52. The molecule has 148 valence electrons. The van der Waals surface area contributed by atoms with Crippen molar-refractivity contribution in [2.75, 3.05) is 21.9 Å². The maximum Gasteiger partial charge on any atom is 0.273 e. The molecular weight excluding hydrogens is 382 g/mol. The molecule has 2 aromatic rings. The first kappa shape index (κ1) is 19.8. The average Bonchev–Trinajstić information content (AvgIpc) is 2.67. The normalized spacial score (nSPS) is 13.7. The van der Waals surface area contributed by atoms with Crippen LogP contribution in [0.3, 0.4) is 0 Å². The summed E-state index contributed by atoms with van der Waals surface area (Å²) in [5.41, 5.74) is 2.27. The first-order valence-electron chi connectivity index (χ1n) is 8.93. The van der Waals surface area contributed by atoms with E-state index in [0.29, 0.717) is 17.9 Å². The highest BCUT2D eigenvalue weighted by atomic mass is 32.2. The third-order valence-corrected chi connectivity index (χ3v) is 6.65. The maximum absolute atomic E-state index is 12.6. The number of amides is 1. The van der Waals surface area contributed by atoms with E-state index in [9.17, 15) is 23.3 Å². The Kier molecular flexibility index (Phi) is 5.37. The second-order valence-electron chi connectivity index (χ2n) is 6.58. The molecule has 1 aliphatic heterocycles. The monoisotopic (exact) mass is 403 g/mol. The van der Waals surface area contributed by atoms with Gasteiger partial charge < -0.3 is 5.32 Å². The molecule has 8 nitrogen and oxygen atoms in total. The summed E-state index contributed by atoms with van der Waals surface area (Å²) in [6, 6.07) is 9.49. The predicted molar refractivity (Wildman–Crippen MR) is 107 cm³/mol. The van der Waals surface area contributed by atoms with Gasteiger partial charge in [-0.3, -0.25) is 19.2 Å². The summed E-state index contributed by atoms with van der Waals surface area (Å²) >= 11 is 0. The van der Waals surface area contributed by atoms with E-state index in [1.165, 1.54) is 29.4 Å². The zero-order chi connectivity index (χ0) is 20.5. The number of nitrogens with one attached hydrogen (secondary N) is 1. The van der Waals surface area contributed by atoms with Crippen LogP contribution in [0.25, 0.3) is 0 Å². The third kappa shape index (κ3) is 3.70. The minimum absolute atomic E-state index is 0.00406. The second kappa shape index (κ2) is 7.59. The molecule has 1 heterocycles. The summed E-state index contributed by atoms with van der Waals surface area (Å²) < 4.78 is 26.2. The van der Waals surface area contributed by atoms with Gasteiger partial charge in [0, 0.05) is 29.4 Å². The van der Waals surface area contributed by atoms with Crippen LogP contribution in [0.15, 0.2) is 36.4 Å². The molecule has 0 saturated carbocycles. The molecule has 0 bridgehead atoms. The second-order valence-corrected chi connectivity index (χ2v) is 8.76. The van der Waals surface area contributed by atoms with E-state index in [-0.39, 0.29) is 22.6 Å². The number of carbonyl (C=O) groups is 1. The lowest BCUT2D eigenvalue weighted by Gasteiger charge is -2.30. The highest BCUT2D eigenvalue weighted by molar-refractivity contribution is 7.92. The minimum Gasteiger partial charge on any atom is -0.322 e. The van der Waals surface area contributed by atoms with Crippen LogP contribution in [0.4, 0.5) is 17.1 Å². The molecule has 0 aliphatic carbocycles. The Bertz CT molecular complexity index is 1050. The molecule has 1 aliphatic rings. The van der Waals surface area contributed by atoms with E-state index in [0.717, 1.165) is 18.4 Å². The van der Waals surface area contributed by atoms with Gasteiger partial charge in [-0.05, 0) is 50.5 Å². The Morgan fingerprint density at radius 3 is 2.71 bits per heavy atom. The van der Waals surface area contributed by atoms with Crippen LogP contribution >= 0.6 is 0 Å². The number of sulfonamides is 1. The quantitative estimate of drug-likeness (QED) is 0.609. The van der Waals surface area contributed by atoms with E-state index >= 15 is 0 Å². The zero-order valence-electron chi connectivity index (χ0n) is 15.6. The first-order valence-corrected chi connectivity index (χ1v) is 10.5. The maximum atomic E-state index is 12.6. The zero-order valence-corrected chi connectivity index (χ0v) is 16.5. The van der Waals surface area contributed by atoms with Crippen molar-refractivity contribution >= 4 is 33.0 Å². The predicted octanol–water partition coefficient (Wildman–Crippen LogP) is 3.26. The number of hydrogen-bond acceptors (Lipinski definition) is 5. The van der Waals surface area contributed by atoms with Crippen LogP contribution < -0.4 is 9.62 Å². The van der Waals surface area contributed by atoms with Crippen molar-refractivity contribution < 1.29 is 18.1 Å². The van der Waals surface area contributed by atoms with Crippen molar-refractivity contribution in [3.05, 3.63) is 63.2 Å². The average molecular weight is 403 g/mol. The van der Waals surface area contributed by atoms with E-state index in [1.807, 2.05) is 6.07 Å². The van der Waals surface area contributed by atoms with Crippen LogP contribution in [0.1, 0.15) is 34.8 Å². The molecule has 0 fully saturated rings. The molecule has 1 amide bonds. The Balaban J connectivity index is 1.93. The van der Waals surface area contributed by atoms with Gasteiger partial charge in [-0.2, -0.15) is 0 Å².